The summed E-state index contributed by atoms with van der Waals surface area (Å²) in [5.74, 6) is -0.116. The first-order valence-corrected chi connectivity index (χ1v) is 5.32. The SMILES string of the molecule is N#CCc1ccc(OC2CCNC2)c(F)c1. The lowest BCUT2D eigenvalue weighted by Gasteiger charge is -2.13. The number of hydrogen-bond acceptors (Lipinski definition) is 3. The summed E-state index contributed by atoms with van der Waals surface area (Å²) in [5.41, 5.74) is 0.678. The molecule has 0 aliphatic carbocycles. The van der Waals surface area contributed by atoms with Gasteiger partial charge in [-0.25, -0.2) is 4.39 Å². The van der Waals surface area contributed by atoms with Crippen molar-refractivity contribution in [1.29, 1.82) is 5.26 Å². The lowest BCUT2D eigenvalue weighted by Crippen LogP contribution is -2.20. The van der Waals surface area contributed by atoms with Crippen molar-refractivity contribution >= 4 is 0 Å². The number of rotatable bonds is 3. The van der Waals surface area contributed by atoms with Gasteiger partial charge in [-0.2, -0.15) is 5.26 Å². The second kappa shape index (κ2) is 4.95. The molecule has 1 atom stereocenters. The van der Waals surface area contributed by atoms with Gasteiger partial charge in [0.05, 0.1) is 12.5 Å². The van der Waals surface area contributed by atoms with Gasteiger partial charge in [-0.1, -0.05) is 6.07 Å². The summed E-state index contributed by atoms with van der Waals surface area (Å²) in [5, 5.41) is 11.7. The minimum atomic E-state index is -0.389. The van der Waals surface area contributed by atoms with Crippen molar-refractivity contribution < 1.29 is 9.13 Å². The molecule has 1 unspecified atom stereocenters. The smallest absolute Gasteiger partial charge is 0.165 e. The lowest BCUT2D eigenvalue weighted by molar-refractivity contribution is 0.213. The van der Waals surface area contributed by atoms with E-state index in [2.05, 4.69) is 5.32 Å². The van der Waals surface area contributed by atoms with Crippen LogP contribution in [0.25, 0.3) is 0 Å². The van der Waals surface area contributed by atoms with Gasteiger partial charge in [0, 0.05) is 6.54 Å². The monoisotopic (exact) mass is 220 g/mol. The number of nitrogens with zero attached hydrogens (tertiary/aromatic N) is 1. The van der Waals surface area contributed by atoms with E-state index in [-0.39, 0.29) is 24.1 Å². The Morgan fingerprint density at radius 3 is 3.06 bits per heavy atom. The Kier molecular flexibility index (Phi) is 3.37. The van der Waals surface area contributed by atoms with Gasteiger partial charge in [-0.15, -0.1) is 0 Å². The van der Waals surface area contributed by atoms with Crippen LogP contribution in [0.15, 0.2) is 18.2 Å². The molecule has 0 radical (unpaired) electrons. The molecule has 0 aromatic heterocycles. The van der Waals surface area contributed by atoms with Gasteiger partial charge in [-0.3, -0.25) is 0 Å². The molecule has 3 nitrogen and oxygen atoms in total. The summed E-state index contributed by atoms with van der Waals surface area (Å²) in [4.78, 5) is 0. The van der Waals surface area contributed by atoms with E-state index in [0.717, 1.165) is 19.5 Å². The van der Waals surface area contributed by atoms with Crippen molar-refractivity contribution in [2.24, 2.45) is 0 Å². The number of hydrogen-bond donors (Lipinski definition) is 1. The zero-order chi connectivity index (χ0) is 11.4. The molecule has 4 heteroatoms. The van der Waals surface area contributed by atoms with E-state index in [1.165, 1.54) is 6.07 Å². The molecule has 1 heterocycles. The van der Waals surface area contributed by atoms with Crippen LogP contribution in [0.5, 0.6) is 5.75 Å². The first kappa shape index (κ1) is 10.9. The minimum absolute atomic E-state index is 0.0521. The van der Waals surface area contributed by atoms with Gasteiger partial charge in [-0.05, 0) is 30.7 Å². The first-order valence-electron chi connectivity index (χ1n) is 5.32. The number of benzene rings is 1. The van der Waals surface area contributed by atoms with Crippen LogP contribution in [0.3, 0.4) is 0 Å². The van der Waals surface area contributed by atoms with E-state index < -0.39 is 0 Å². The maximum absolute atomic E-state index is 13.6. The Hall–Kier alpha value is -1.60. The zero-order valence-corrected chi connectivity index (χ0v) is 8.87. The highest BCUT2D eigenvalue weighted by molar-refractivity contribution is 5.30. The summed E-state index contributed by atoms with van der Waals surface area (Å²) in [6, 6.07) is 6.67. The van der Waals surface area contributed by atoms with Gasteiger partial charge < -0.3 is 10.1 Å². The van der Waals surface area contributed by atoms with Crippen molar-refractivity contribution in [2.75, 3.05) is 13.1 Å². The van der Waals surface area contributed by atoms with E-state index in [4.69, 9.17) is 10.00 Å². The van der Waals surface area contributed by atoms with Crippen molar-refractivity contribution in [1.82, 2.24) is 5.32 Å². The summed E-state index contributed by atoms with van der Waals surface area (Å²) >= 11 is 0. The van der Waals surface area contributed by atoms with Crippen LogP contribution in [-0.4, -0.2) is 19.2 Å². The van der Waals surface area contributed by atoms with E-state index >= 15 is 0 Å². The second-order valence-electron chi connectivity index (χ2n) is 3.83. The Morgan fingerprint density at radius 2 is 2.44 bits per heavy atom. The number of nitrogens with one attached hydrogen (secondary N) is 1. The zero-order valence-electron chi connectivity index (χ0n) is 8.87. The highest BCUT2D eigenvalue weighted by Gasteiger charge is 2.17. The van der Waals surface area contributed by atoms with E-state index in [0.29, 0.717) is 5.56 Å². The van der Waals surface area contributed by atoms with Gasteiger partial charge in [0.25, 0.3) is 0 Å². The molecule has 1 saturated heterocycles. The number of ether oxygens (including phenoxy) is 1. The third kappa shape index (κ3) is 2.50. The highest BCUT2D eigenvalue weighted by Crippen LogP contribution is 2.21. The Bertz CT molecular complexity index is 408. The maximum atomic E-state index is 13.6. The van der Waals surface area contributed by atoms with Crippen molar-refractivity contribution in [3.63, 3.8) is 0 Å². The minimum Gasteiger partial charge on any atom is -0.486 e. The number of nitriles is 1. The summed E-state index contributed by atoms with van der Waals surface area (Å²) < 4.78 is 19.1. The quantitative estimate of drug-likeness (QED) is 0.842. The second-order valence-corrected chi connectivity index (χ2v) is 3.83. The Labute approximate surface area is 93.8 Å². The fourth-order valence-electron chi connectivity index (χ4n) is 1.75. The highest BCUT2D eigenvalue weighted by atomic mass is 19.1. The van der Waals surface area contributed by atoms with E-state index in [9.17, 15) is 4.39 Å². The molecule has 0 spiro atoms. The molecule has 0 saturated carbocycles. The van der Waals surface area contributed by atoms with Crippen LogP contribution in [0.4, 0.5) is 4.39 Å². The molecule has 1 aromatic rings. The Morgan fingerprint density at radius 1 is 1.56 bits per heavy atom. The maximum Gasteiger partial charge on any atom is 0.165 e. The summed E-state index contributed by atoms with van der Waals surface area (Å²) in [6.07, 6.45) is 1.18. The predicted octanol–water partition coefficient (Wildman–Crippen LogP) is 1.63. The standard InChI is InChI=1S/C12H13FN2O/c13-11-7-9(3-5-14)1-2-12(11)16-10-4-6-15-8-10/h1-2,7,10,15H,3-4,6,8H2. The van der Waals surface area contributed by atoms with Crippen LogP contribution in [0, 0.1) is 17.1 Å². The summed E-state index contributed by atoms with van der Waals surface area (Å²) in [7, 11) is 0. The predicted molar refractivity (Wildman–Crippen MR) is 57.6 cm³/mol. The first-order chi connectivity index (χ1) is 7.79. The van der Waals surface area contributed by atoms with Crippen LogP contribution in [0.2, 0.25) is 0 Å². The molecule has 1 aliphatic rings. The molecular weight excluding hydrogens is 207 g/mol. The van der Waals surface area contributed by atoms with Crippen molar-refractivity contribution in [3.05, 3.63) is 29.6 Å². The normalized spacial score (nSPS) is 19.4. The molecule has 84 valence electrons. The topological polar surface area (TPSA) is 45.0 Å². The van der Waals surface area contributed by atoms with Crippen LogP contribution >= 0.6 is 0 Å². The van der Waals surface area contributed by atoms with E-state index in [1.807, 2.05) is 6.07 Å². The van der Waals surface area contributed by atoms with Gasteiger partial charge in [0.15, 0.2) is 11.6 Å². The van der Waals surface area contributed by atoms with Gasteiger partial charge >= 0.3 is 0 Å². The Balaban J connectivity index is 2.07. The largest absolute Gasteiger partial charge is 0.486 e. The third-order valence-electron chi connectivity index (χ3n) is 2.59. The molecule has 1 N–H and O–H groups in total. The van der Waals surface area contributed by atoms with Gasteiger partial charge in [0.1, 0.15) is 6.10 Å². The third-order valence-corrected chi connectivity index (χ3v) is 2.59. The van der Waals surface area contributed by atoms with Crippen LogP contribution in [0.1, 0.15) is 12.0 Å². The molecule has 0 bridgehead atoms. The molecule has 1 aliphatic heterocycles. The fourth-order valence-corrected chi connectivity index (χ4v) is 1.75. The van der Waals surface area contributed by atoms with Crippen molar-refractivity contribution in [3.8, 4) is 11.8 Å². The molecule has 1 fully saturated rings. The molecule has 2 rings (SSSR count). The molecule has 16 heavy (non-hydrogen) atoms. The number of halogens is 1. The van der Waals surface area contributed by atoms with Crippen molar-refractivity contribution in [2.45, 2.75) is 18.9 Å². The average molecular weight is 220 g/mol. The summed E-state index contributed by atoms with van der Waals surface area (Å²) in [6.45, 7) is 1.68. The molecule has 0 amide bonds. The van der Waals surface area contributed by atoms with Crippen LogP contribution in [-0.2, 0) is 6.42 Å². The fraction of sp³-hybridized carbons (Fsp3) is 0.417. The molecular formula is C12H13FN2O. The van der Waals surface area contributed by atoms with Crippen LogP contribution < -0.4 is 10.1 Å². The average Bonchev–Trinajstić information content (AvgIpc) is 2.75. The van der Waals surface area contributed by atoms with Gasteiger partial charge in [0.2, 0.25) is 0 Å². The lowest BCUT2D eigenvalue weighted by atomic mass is 10.1. The molecule has 1 aromatic carbocycles. The van der Waals surface area contributed by atoms with E-state index in [1.54, 1.807) is 12.1 Å².